The standard InChI is InChI=1S/2C9H13.C8H11.C5H5.2C2H7Si.2Zr/c2*1-6-5-7(2)9(4)8(6)3;1-6-4-5-7(2)8(6)3;1-2-4-5-3-1;2*1-3-2;;/h2*5H,1-4H3;4-5H,1-3H3;1-3H,4H2;2*3H,1-2H3;;. The van der Waals surface area contributed by atoms with Crippen molar-refractivity contribution in [1.82, 2.24) is 0 Å². The Labute approximate surface area is 259 Å². The molecule has 0 N–H and O–H groups in total. The van der Waals surface area contributed by atoms with Gasteiger partial charge in [0.2, 0.25) is 0 Å². The molecular weight excluding hydrogens is 659 g/mol. The molecule has 0 fully saturated rings. The minimum atomic E-state index is -1.74. The zero-order chi connectivity index (χ0) is 29.7. The van der Waals surface area contributed by atoms with Crippen LogP contribution in [0.1, 0.15) is 82.6 Å². The molecule has 0 aromatic carbocycles. The molecule has 4 heteroatoms. The third-order valence-electron chi connectivity index (χ3n) is 10.9. The SMILES string of the molecule is CC1=C[C](C)([Zr]([C]2=CC=CC2)[SiH](C)C)C(C)=C1C.CC1=C[C](C)([Zr]([SiH](C)C)[C]2(C)C=CC(C)=C2C)C(C)=C1C. The van der Waals surface area contributed by atoms with Gasteiger partial charge in [0.25, 0.3) is 0 Å². The van der Waals surface area contributed by atoms with Crippen molar-refractivity contribution in [2.75, 3.05) is 0 Å². The van der Waals surface area contributed by atoms with Crippen LogP contribution in [0.15, 0.2) is 90.4 Å². The Hall–Kier alpha value is 0.120. The maximum absolute atomic E-state index is 2.65. The first-order valence-electron chi connectivity index (χ1n) is 15.2. The molecule has 39 heavy (non-hydrogen) atoms. The number of allylic oxidation sites excluding steroid dienone is 16. The van der Waals surface area contributed by atoms with Gasteiger partial charge in [-0.1, -0.05) is 0 Å². The van der Waals surface area contributed by atoms with Gasteiger partial charge in [0.1, 0.15) is 0 Å². The van der Waals surface area contributed by atoms with Crippen LogP contribution >= 0.6 is 0 Å². The summed E-state index contributed by atoms with van der Waals surface area (Å²) >= 11 is -3.27. The van der Waals surface area contributed by atoms with E-state index in [0.29, 0.717) is 9.37 Å². The summed E-state index contributed by atoms with van der Waals surface area (Å²) in [6.45, 7) is 36.8. The van der Waals surface area contributed by atoms with Crippen molar-refractivity contribution in [3.05, 3.63) is 90.4 Å². The molecule has 0 radical (unpaired) electrons. The van der Waals surface area contributed by atoms with Gasteiger partial charge in [-0.15, -0.1) is 0 Å². The van der Waals surface area contributed by atoms with Crippen LogP contribution in [0.2, 0.25) is 35.6 Å². The average Bonchev–Trinajstić information content (AvgIpc) is 3.55. The molecule has 3 atom stereocenters. The first-order chi connectivity index (χ1) is 17.9. The Morgan fingerprint density at radius 3 is 1.51 bits per heavy atom. The van der Waals surface area contributed by atoms with Crippen molar-refractivity contribution in [2.45, 2.75) is 118 Å². The molecule has 0 aliphatic heterocycles. The molecule has 212 valence electrons. The van der Waals surface area contributed by atoms with E-state index in [1.807, 2.05) is 3.28 Å². The van der Waals surface area contributed by atoms with Gasteiger partial charge in [0, 0.05) is 0 Å². The van der Waals surface area contributed by atoms with E-state index in [2.05, 4.69) is 145 Å². The summed E-state index contributed by atoms with van der Waals surface area (Å²) in [6.07, 6.45) is 18.6. The minimum absolute atomic E-state index is 0.418. The second-order valence-electron chi connectivity index (χ2n) is 13.9. The second-order valence-corrected chi connectivity index (χ2v) is 55.6. The van der Waals surface area contributed by atoms with Gasteiger partial charge in [0.05, 0.1) is 0 Å². The molecule has 4 aliphatic carbocycles. The van der Waals surface area contributed by atoms with Crippen LogP contribution in [-0.4, -0.2) is 11.8 Å². The van der Waals surface area contributed by atoms with Gasteiger partial charge >= 0.3 is 262 Å². The summed E-state index contributed by atoms with van der Waals surface area (Å²) in [5, 5.41) is 0. The van der Waals surface area contributed by atoms with Crippen LogP contribution in [0.4, 0.5) is 0 Å². The van der Waals surface area contributed by atoms with Crippen LogP contribution in [0.25, 0.3) is 0 Å². The zero-order valence-electron chi connectivity index (χ0n) is 27.9. The molecule has 4 rings (SSSR count). The van der Waals surface area contributed by atoms with E-state index in [1.165, 1.54) is 23.1 Å². The molecule has 0 aromatic rings. The van der Waals surface area contributed by atoms with Crippen molar-refractivity contribution in [1.29, 1.82) is 0 Å². The van der Waals surface area contributed by atoms with Gasteiger partial charge in [-0.2, -0.15) is 0 Å². The van der Waals surface area contributed by atoms with E-state index >= 15 is 0 Å². The molecule has 0 saturated carbocycles. The molecule has 3 unspecified atom stereocenters. The second kappa shape index (κ2) is 12.4. The van der Waals surface area contributed by atoms with Gasteiger partial charge in [0.15, 0.2) is 0 Å². The molecule has 0 saturated heterocycles. The molecule has 0 amide bonds. The molecular formula is C35H56Si2Zr2. The summed E-state index contributed by atoms with van der Waals surface area (Å²) in [5.41, 5.74) is 12.8. The van der Waals surface area contributed by atoms with E-state index in [-0.39, 0.29) is 0 Å². The topological polar surface area (TPSA) is 0 Å². The van der Waals surface area contributed by atoms with E-state index in [1.54, 1.807) is 27.9 Å². The molecule has 0 nitrogen and oxygen atoms in total. The average molecular weight is 715 g/mol. The Bertz CT molecular complexity index is 1270. The summed E-state index contributed by atoms with van der Waals surface area (Å²) in [4.78, 5) is 0. The summed E-state index contributed by atoms with van der Waals surface area (Å²) in [6, 6.07) is 0. The van der Waals surface area contributed by atoms with E-state index in [4.69, 9.17) is 0 Å². The summed E-state index contributed by atoms with van der Waals surface area (Å²) < 4.78 is 3.17. The van der Waals surface area contributed by atoms with Crippen molar-refractivity contribution < 1.29 is 41.8 Å². The third kappa shape index (κ3) is 5.99. The maximum atomic E-state index is 2.65. The third-order valence-corrected chi connectivity index (χ3v) is 57.8. The van der Waals surface area contributed by atoms with E-state index < -0.39 is 53.7 Å². The normalized spacial score (nSPS) is 30.0. The fraction of sp³-hybridized carbons (Fsp3) is 0.543. The van der Waals surface area contributed by atoms with Gasteiger partial charge in [-0.25, -0.2) is 0 Å². The van der Waals surface area contributed by atoms with Crippen LogP contribution in [0.3, 0.4) is 0 Å². The van der Waals surface area contributed by atoms with E-state index in [0.717, 1.165) is 0 Å². The van der Waals surface area contributed by atoms with Crippen molar-refractivity contribution >= 4 is 11.8 Å². The number of rotatable bonds is 6. The first kappa shape index (κ1) is 33.6. The Morgan fingerprint density at radius 2 is 1.18 bits per heavy atom. The van der Waals surface area contributed by atoms with Gasteiger partial charge in [-0.05, 0) is 0 Å². The van der Waals surface area contributed by atoms with Crippen molar-refractivity contribution in [3.8, 4) is 0 Å². The monoisotopic (exact) mass is 712 g/mol. The summed E-state index contributed by atoms with van der Waals surface area (Å²) in [5.74, 6) is -1.19. The molecule has 4 aliphatic rings. The van der Waals surface area contributed by atoms with Crippen molar-refractivity contribution in [3.63, 3.8) is 0 Å². The zero-order valence-corrected chi connectivity index (χ0v) is 35.1. The summed E-state index contributed by atoms with van der Waals surface area (Å²) in [7, 11) is 0. The molecule has 0 spiro atoms. The van der Waals surface area contributed by atoms with Gasteiger partial charge in [-0.3, -0.25) is 0 Å². The van der Waals surface area contributed by atoms with Crippen LogP contribution in [-0.2, 0) is 41.8 Å². The Balaban J connectivity index is 0.000000218. The Kier molecular flexibility index (Phi) is 10.7. The fourth-order valence-electron chi connectivity index (χ4n) is 8.16. The number of hydrogen-bond donors (Lipinski definition) is 0. The van der Waals surface area contributed by atoms with E-state index in [9.17, 15) is 0 Å². The van der Waals surface area contributed by atoms with Crippen LogP contribution in [0.5, 0.6) is 0 Å². The quantitative estimate of drug-likeness (QED) is 0.240. The predicted octanol–water partition coefficient (Wildman–Crippen LogP) is 11.1. The molecule has 0 bridgehead atoms. The number of hydrogen-bond acceptors (Lipinski definition) is 0. The first-order valence-corrected chi connectivity index (χ1v) is 34.4. The van der Waals surface area contributed by atoms with Crippen molar-refractivity contribution in [2.24, 2.45) is 0 Å². The predicted molar refractivity (Wildman–Crippen MR) is 176 cm³/mol. The molecule has 0 heterocycles. The molecule has 0 aromatic heterocycles. The van der Waals surface area contributed by atoms with Crippen LogP contribution in [0, 0.1) is 0 Å². The Morgan fingerprint density at radius 1 is 0.667 bits per heavy atom. The van der Waals surface area contributed by atoms with Gasteiger partial charge < -0.3 is 0 Å². The fourth-order valence-corrected chi connectivity index (χ4v) is 63.8. The van der Waals surface area contributed by atoms with Crippen LogP contribution < -0.4 is 0 Å².